The number of aliphatic hydroxyl groups excluding tert-OH is 2. The van der Waals surface area contributed by atoms with Gasteiger partial charge in [-0.05, 0) is 19.3 Å². The van der Waals surface area contributed by atoms with Gasteiger partial charge in [0.25, 0.3) is 0 Å². The molecule has 6 nitrogen and oxygen atoms in total. The fraction of sp³-hybridized carbons (Fsp3) is 0.846. The van der Waals surface area contributed by atoms with Crippen molar-refractivity contribution in [3.63, 3.8) is 0 Å². The van der Waals surface area contributed by atoms with E-state index in [2.05, 4.69) is 5.32 Å². The Morgan fingerprint density at radius 2 is 1.74 bits per heavy atom. The van der Waals surface area contributed by atoms with Crippen LogP contribution in [0, 0.1) is 5.41 Å². The summed E-state index contributed by atoms with van der Waals surface area (Å²) in [5, 5.41) is 30.4. The number of carboxylic acids is 1. The molecule has 0 bridgehead atoms. The van der Waals surface area contributed by atoms with E-state index in [1.807, 2.05) is 0 Å². The van der Waals surface area contributed by atoms with Crippen molar-refractivity contribution in [3.05, 3.63) is 0 Å². The van der Waals surface area contributed by atoms with Crippen molar-refractivity contribution < 1.29 is 24.9 Å². The molecular weight excluding hydrogens is 250 g/mol. The molecule has 0 heterocycles. The Kier molecular flexibility index (Phi) is 5.31. The van der Waals surface area contributed by atoms with Gasteiger partial charge in [-0.15, -0.1) is 0 Å². The largest absolute Gasteiger partial charge is 0.481 e. The molecule has 1 saturated carbocycles. The van der Waals surface area contributed by atoms with Crippen LogP contribution in [0.3, 0.4) is 0 Å². The second kappa shape index (κ2) is 6.34. The number of carbonyl (C=O) groups is 2. The average molecular weight is 273 g/mol. The Morgan fingerprint density at radius 3 is 2.11 bits per heavy atom. The number of nitrogens with one attached hydrogen (secondary N) is 1. The van der Waals surface area contributed by atoms with Gasteiger partial charge >= 0.3 is 5.97 Å². The van der Waals surface area contributed by atoms with E-state index in [4.69, 9.17) is 0 Å². The monoisotopic (exact) mass is 273 g/mol. The fourth-order valence-electron chi connectivity index (χ4n) is 2.61. The third-order valence-corrected chi connectivity index (χ3v) is 4.20. The van der Waals surface area contributed by atoms with Gasteiger partial charge in [0.15, 0.2) is 0 Å². The molecule has 0 saturated heterocycles. The van der Waals surface area contributed by atoms with Crippen molar-refractivity contribution in [1.82, 2.24) is 5.32 Å². The van der Waals surface area contributed by atoms with Crippen LogP contribution in [0.5, 0.6) is 0 Å². The Labute approximate surface area is 112 Å². The number of amides is 1. The summed E-state index contributed by atoms with van der Waals surface area (Å²) in [7, 11) is 0. The summed E-state index contributed by atoms with van der Waals surface area (Å²) in [6, 6.07) is 0. The first-order valence-electron chi connectivity index (χ1n) is 6.70. The van der Waals surface area contributed by atoms with Crippen molar-refractivity contribution in [2.45, 2.75) is 51.0 Å². The van der Waals surface area contributed by atoms with E-state index in [0.29, 0.717) is 19.3 Å². The van der Waals surface area contributed by atoms with Crippen LogP contribution in [0.2, 0.25) is 0 Å². The number of hydrogen-bond donors (Lipinski definition) is 4. The zero-order valence-corrected chi connectivity index (χ0v) is 11.3. The molecule has 1 aliphatic carbocycles. The Morgan fingerprint density at radius 1 is 1.21 bits per heavy atom. The number of aliphatic hydroxyl groups is 2. The van der Waals surface area contributed by atoms with Crippen LogP contribution >= 0.6 is 0 Å². The summed E-state index contributed by atoms with van der Waals surface area (Å²) in [5.74, 6) is -1.36. The van der Waals surface area contributed by atoms with E-state index in [-0.39, 0.29) is 19.6 Å². The lowest BCUT2D eigenvalue weighted by Gasteiger charge is -2.31. The van der Waals surface area contributed by atoms with Crippen molar-refractivity contribution in [3.8, 4) is 0 Å². The first-order valence-corrected chi connectivity index (χ1v) is 6.70. The normalized spacial score (nSPS) is 18.3. The van der Waals surface area contributed by atoms with E-state index in [0.717, 1.165) is 12.8 Å². The highest BCUT2D eigenvalue weighted by Crippen LogP contribution is 2.41. The van der Waals surface area contributed by atoms with Gasteiger partial charge in [-0.3, -0.25) is 9.59 Å². The van der Waals surface area contributed by atoms with Crippen molar-refractivity contribution in [1.29, 1.82) is 0 Å². The Balaban J connectivity index is 2.71. The lowest BCUT2D eigenvalue weighted by molar-refractivity contribution is -0.152. The van der Waals surface area contributed by atoms with Gasteiger partial charge in [0.05, 0.1) is 24.2 Å². The van der Waals surface area contributed by atoms with Gasteiger partial charge in [0.2, 0.25) is 5.91 Å². The minimum Gasteiger partial charge on any atom is -0.481 e. The Hall–Kier alpha value is -1.14. The maximum absolute atomic E-state index is 12.0. The third-order valence-electron chi connectivity index (χ3n) is 4.20. The lowest BCUT2D eigenvalue weighted by Crippen LogP contribution is -2.54. The summed E-state index contributed by atoms with van der Waals surface area (Å²) < 4.78 is 0. The molecule has 0 spiro atoms. The molecule has 6 heteroatoms. The van der Waals surface area contributed by atoms with Crippen LogP contribution < -0.4 is 5.32 Å². The van der Waals surface area contributed by atoms with E-state index in [1.165, 1.54) is 0 Å². The molecule has 0 aromatic rings. The number of hydrogen-bond acceptors (Lipinski definition) is 4. The van der Waals surface area contributed by atoms with Crippen LogP contribution in [0.25, 0.3) is 0 Å². The first-order chi connectivity index (χ1) is 8.93. The number of aliphatic carboxylic acids is 1. The van der Waals surface area contributed by atoms with E-state index in [1.54, 1.807) is 6.92 Å². The number of carbonyl (C=O) groups excluding carboxylic acids is 1. The SMILES string of the molecule is CCC(CO)(CO)NC(=O)CC1(C(=O)O)CCCC1. The van der Waals surface area contributed by atoms with E-state index >= 15 is 0 Å². The standard InChI is InChI=1S/C13H23NO5/c1-2-13(8-15,9-16)14-10(17)7-12(11(18)19)5-3-4-6-12/h15-16H,2-9H2,1H3,(H,14,17)(H,18,19). The molecule has 0 aromatic carbocycles. The van der Waals surface area contributed by atoms with Gasteiger partial charge in [-0.1, -0.05) is 19.8 Å². The summed E-state index contributed by atoms with van der Waals surface area (Å²) in [5.41, 5.74) is -2.04. The quantitative estimate of drug-likeness (QED) is 0.532. The average Bonchev–Trinajstić information content (AvgIpc) is 2.86. The zero-order valence-electron chi connectivity index (χ0n) is 11.3. The highest BCUT2D eigenvalue weighted by molar-refractivity contribution is 5.85. The molecule has 0 aliphatic heterocycles. The topological polar surface area (TPSA) is 107 Å². The van der Waals surface area contributed by atoms with Crippen molar-refractivity contribution >= 4 is 11.9 Å². The van der Waals surface area contributed by atoms with Crippen LogP contribution in [-0.2, 0) is 9.59 Å². The fourth-order valence-corrected chi connectivity index (χ4v) is 2.61. The van der Waals surface area contributed by atoms with Crippen LogP contribution in [0.1, 0.15) is 45.4 Å². The van der Waals surface area contributed by atoms with Crippen LogP contribution in [-0.4, -0.2) is 45.9 Å². The molecular formula is C13H23NO5. The van der Waals surface area contributed by atoms with Gasteiger partial charge in [0.1, 0.15) is 0 Å². The number of carboxylic acid groups (broad SMARTS) is 1. The lowest BCUT2D eigenvalue weighted by atomic mass is 9.82. The summed E-state index contributed by atoms with van der Waals surface area (Å²) >= 11 is 0. The Bertz CT molecular complexity index is 324. The van der Waals surface area contributed by atoms with Crippen molar-refractivity contribution in [2.24, 2.45) is 5.41 Å². The summed E-state index contributed by atoms with van der Waals surface area (Å²) in [4.78, 5) is 23.4. The second-order valence-corrected chi connectivity index (χ2v) is 5.47. The third kappa shape index (κ3) is 3.45. The molecule has 0 unspecified atom stereocenters. The molecule has 0 radical (unpaired) electrons. The predicted molar refractivity (Wildman–Crippen MR) is 68.5 cm³/mol. The molecule has 0 aromatic heterocycles. The molecule has 1 rings (SSSR count). The first kappa shape index (κ1) is 15.9. The van der Waals surface area contributed by atoms with Crippen LogP contribution in [0.15, 0.2) is 0 Å². The summed E-state index contributed by atoms with van der Waals surface area (Å²) in [6.07, 6.45) is 2.94. The maximum Gasteiger partial charge on any atom is 0.310 e. The van der Waals surface area contributed by atoms with E-state index in [9.17, 15) is 24.9 Å². The molecule has 1 aliphatic rings. The minimum atomic E-state index is -1.06. The highest BCUT2D eigenvalue weighted by Gasteiger charge is 2.44. The second-order valence-electron chi connectivity index (χ2n) is 5.47. The maximum atomic E-state index is 12.0. The summed E-state index contributed by atoms with van der Waals surface area (Å²) in [6.45, 7) is 1.01. The molecule has 4 N–H and O–H groups in total. The van der Waals surface area contributed by atoms with Gasteiger partial charge < -0.3 is 20.6 Å². The highest BCUT2D eigenvalue weighted by atomic mass is 16.4. The van der Waals surface area contributed by atoms with E-state index < -0.39 is 22.8 Å². The molecule has 19 heavy (non-hydrogen) atoms. The van der Waals surface area contributed by atoms with Gasteiger partial charge in [-0.2, -0.15) is 0 Å². The van der Waals surface area contributed by atoms with Crippen LogP contribution in [0.4, 0.5) is 0 Å². The zero-order chi connectivity index (χ0) is 14.5. The van der Waals surface area contributed by atoms with Crippen molar-refractivity contribution in [2.75, 3.05) is 13.2 Å². The molecule has 110 valence electrons. The minimum absolute atomic E-state index is 0.0932. The molecule has 0 atom stereocenters. The smallest absolute Gasteiger partial charge is 0.310 e. The number of rotatable bonds is 7. The van der Waals surface area contributed by atoms with Gasteiger partial charge in [0, 0.05) is 6.42 Å². The molecule has 1 fully saturated rings. The van der Waals surface area contributed by atoms with Gasteiger partial charge in [-0.25, -0.2) is 0 Å². The predicted octanol–water partition coefficient (Wildman–Crippen LogP) is 0.271. The molecule has 1 amide bonds.